The van der Waals surface area contributed by atoms with Crippen molar-refractivity contribution in [2.45, 2.75) is 44.6 Å². The Labute approximate surface area is 170 Å². The van der Waals surface area contributed by atoms with Gasteiger partial charge in [0.15, 0.2) is 11.0 Å². The standard InChI is InChI=1S/C22H25N3O2S/c1-16-8-6-9-17(2)21(16)27-14-20-23-24-22(28-15-19-12-7-13-26-19)25(20)18-10-4-3-5-11-18/h3-6,8-11,19H,7,12-15H2,1-2H3/t19-/m1/s1. The van der Waals surface area contributed by atoms with Gasteiger partial charge in [0.05, 0.1) is 6.10 Å². The molecule has 2 heterocycles. The van der Waals surface area contributed by atoms with Gasteiger partial charge >= 0.3 is 0 Å². The molecule has 3 aromatic rings. The lowest BCUT2D eigenvalue weighted by molar-refractivity contribution is 0.129. The van der Waals surface area contributed by atoms with E-state index >= 15 is 0 Å². The predicted molar refractivity (Wildman–Crippen MR) is 111 cm³/mol. The number of hydrogen-bond donors (Lipinski definition) is 0. The summed E-state index contributed by atoms with van der Waals surface area (Å²) < 4.78 is 14.0. The second-order valence-corrected chi connectivity index (χ2v) is 8.01. The first-order chi connectivity index (χ1) is 13.7. The van der Waals surface area contributed by atoms with Gasteiger partial charge in [-0.15, -0.1) is 10.2 Å². The lowest BCUT2D eigenvalue weighted by Crippen LogP contribution is -2.10. The van der Waals surface area contributed by atoms with E-state index < -0.39 is 0 Å². The maximum Gasteiger partial charge on any atom is 0.196 e. The molecule has 6 heteroatoms. The normalized spacial score (nSPS) is 16.4. The third-order valence-corrected chi connectivity index (χ3v) is 5.95. The van der Waals surface area contributed by atoms with Crippen LogP contribution in [0.4, 0.5) is 0 Å². The number of hydrogen-bond acceptors (Lipinski definition) is 5. The van der Waals surface area contributed by atoms with Crippen LogP contribution in [0.1, 0.15) is 29.8 Å². The quantitative estimate of drug-likeness (QED) is 0.541. The first-order valence-corrected chi connectivity index (χ1v) is 10.6. The number of thioether (sulfide) groups is 1. The van der Waals surface area contributed by atoms with Gasteiger partial charge in [-0.1, -0.05) is 48.2 Å². The van der Waals surface area contributed by atoms with E-state index in [1.807, 2.05) is 24.3 Å². The minimum Gasteiger partial charge on any atom is -0.485 e. The molecule has 4 rings (SSSR count). The topological polar surface area (TPSA) is 49.2 Å². The van der Waals surface area contributed by atoms with Crippen molar-refractivity contribution < 1.29 is 9.47 Å². The van der Waals surface area contributed by atoms with Crippen molar-refractivity contribution in [3.05, 3.63) is 65.5 Å². The van der Waals surface area contributed by atoms with Crippen LogP contribution >= 0.6 is 11.8 Å². The molecular formula is C22H25N3O2S. The highest BCUT2D eigenvalue weighted by atomic mass is 32.2. The summed E-state index contributed by atoms with van der Waals surface area (Å²) in [5.41, 5.74) is 3.29. The highest BCUT2D eigenvalue weighted by Crippen LogP contribution is 2.27. The fourth-order valence-corrected chi connectivity index (χ4v) is 4.47. The molecule has 28 heavy (non-hydrogen) atoms. The van der Waals surface area contributed by atoms with Gasteiger partial charge in [-0.3, -0.25) is 4.57 Å². The van der Waals surface area contributed by atoms with Crippen LogP contribution in [0.3, 0.4) is 0 Å². The Morgan fingerprint density at radius 3 is 2.57 bits per heavy atom. The third kappa shape index (κ3) is 4.23. The van der Waals surface area contributed by atoms with Crippen molar-refractivity contribution >= 4 is 11.8 Å². The van der Waals surface area contributed by atoms with Crippen LogP contribution < -0.4 is 4.74 Å². The summed E-state index contributed by atoms with van der Waals surface area (Å²) in [7, 11) is 0. The van der Waals surface area contributed by atoms with Crippen molar-refractivity contribution in [2.75, 3.05) is 12.4 Å². The van der Waals surface area contributed by atoms with E-state index in [4.69, 9.17) is 9.47 Å². The summed E-state index contributed by atoms with van der Waals surface area (Å²) in [6.07, 6.45) is 2.57. The fourth-order valence-electron chi connectivity index (χ4n) is 3.43. The van der Waals surface area contributed by atoms with E-state index in [1.165, 1.54) is 0 Å². The minimum atomic E-state index is 0.306. The van der Waals surface area contributed by atoms with Crippen molar-refractivity contribution in [3.63, 3.8) is 0 Å². The van der Waals surface area contributed by atoms with E-state index in [0.717, 1.165) is 58.7 Å². The summed E-state index contributed by atoms with van der Waals surface area (Å²) in [6.45, 7) is 5.36. The van der Waals surface area contributed by atoms with Gasteiger partial charge < -0.3 is 9.47 Å². The first kappa shape index (κ1) is 19.0. The van der Waals surface area contributed by atoms with Crippen LogP contribution in [0.25, 0.3) is 5.69 Å². The molecule has 5 nitrogen and oxygen atoms in total. The Hall–Kier alpha value is -2.31. The molecule has 0 aliphatic carbocycles. The van der Waals surface area contributed by atoms with E-state index in [1.54, 1.807) is 11.8 Å². The Morgan fingerprint density at radius 1 is 1.07 bits per heavy atom. The second kappa shape index (κ2) is 8.80. The lowest BCUT2D eigenvalue weighted by atomic mass is 10.1. The molecule has 2 aromatic carbocycles. The van der Waals surface area contributed by atoms with Gasteiger partial charge in [-0.2, -0.15) is 0 Å². The molecule has 1 saturated heterocycles. The number of ether oxygens (including phenoxy) is 2. The Balaban J connectivity index is 1.57. The van der Waals surface area contributed by atoms with Gasteiger partial charge in [0, 0.05) is 18.0 Å². The molecular weight excluding hydrogens is 370 g/mol. The molecule has 146 valence electrons. The summed E-state index contributed by atoms with van der Waals surface area (Å²) in [4.78, 5) is 0. The summed E-state index contributed by atoms with van der Waals surface area (Å²) in [5.74, 6) is 2.60. The van der Waals surface area contributed by atoms with Crippen molar-refractivity contribution in [1.82, 2.24) is 14.8 Å². The number of aromatic nitrogens is 3. The second-order valence-electron chi connectivity index (χ2n) is 7.03. The lowest BCUT2D eigenvalue weighted by Gasteiger charge is -2.14. The van der Waals surface area contributed by atoms with Gasteiger partial charge in [-0.05, 0) is 49.9 Å². The van der Waals surface area contributed by atoms with E-state index in [9.17, 15) is 0 Å². The molecule has 0 bridgehead atoms. The molecule has 0 saturated carbocycles. The van der Waals surface area contributed by atoms with Gasteiger partial charge in [0.25, 0.3) is 0 Å². The monoisotopic (exact) mass is 395 g/mol. The predicted octanol–water partition coefficient (Wildman–Crippen LogP) is 4.73. The molecule has 0 radical (unpaired) electrons. The molecule has 1 aromatic heterocycles. The average Bonchev–Trinajstić information content (AvgIpc) is 3.36. The van der Waals surface area contributed by atoms with Crippen LogP contribution in [0.15, 0.2) is 53.7 Å². The van der Waals surface area contributed by atoms with Gasteiger partial charge in [-0.25, -0.2) is 0 Å². The molecule has 1 atom stereocenters. The number of rotatable bonds is 7. The van der Waals surface area contributed by atoms with Crippen LogP contribution in [-0.2, 0) is 11.3 Å². The first-order valence-electron chi connectivity index (χ1n) is 9.65. The van der Waals surface area contributed by atoms with Gasteiger partial charge in [0.2, 0.25) is 0 Å². The van der Waals surface area contributed by atoms with E-state index in [2.05, 4.69) is 52.9 Å². The smallest absolute Gasteiger partial charge is 0.196 e. The fraction of sp³-hybridized carbons (Fsp3) is 0.364. The molecule has 0 amide bonds. The largest absolute Gasteiger partial charge is 0.485 e. The maximum atomic E-state index is 6.15. The summed E-state index contributed by atoms with van der Waals surface area (Å²) >= 11 is 1.70. The molecule has 0 spiro atoms. The zero-order valence-electron chi connectivity index (χ0n) is 16.3. The molecule has 0 unspecified atom stereocenters. The minimum absolute atomic E-state index is 0.306. The summed E-state index contributed by atoms with van der Waals surface area (Å²) in [5, 5.41) is 9.77. The molecule has 1 fully saturated rings. The van der Waals surface area contributed by atoms with Crippen molar-refractivity contribution in [1.29, 1.82) is 0 Å². The maximum absolute atomic E-state index is 6.15. The number of aryl methyl sites for hydroxylation is 2. The van der Waals surface area contributed by atoms with Crippen LogP contribution in [0, 0.1) is 13.8 Å². The van der Waals surface area contributed by atoms with Crippen molar-refractivity contribution in [2.24, 2.45) is 0 Å². The van der Waals surface area contributed by atoms with Crippen LogP contribution in [-0.4, -0.2) is 33.2 Å². The molecule has 1 aliphatic heterocycles. The van der Waals surface area contributed by atoms with Gasteiger partial charge in [0.1, 0.15) is 12.4 Å². The molecule has 0 N–H and O–H groups in total. The van der Waals surface area contributed by atoms with Crippen LogP contribution in [0.5, 0.6) is 5.75 Å². The number of benzene rings is 2. The Kier molecular flexibility index (Phi) is 5.98. The Bertz CT molecular complexity index is 901. The third-order valence-electron chi connectivity index (χ3n) is 4.89. The zero-order valence-corrected chi connectivity index (χ0v) is 17.1. The number of nitrogens with zero attached hydrogens (tertiary/aromatic N) is 3. The van der Waals surface area contributed by atoms with Crippen LogP contribution in [0.2, 0.25) is 0 Å². The SMILES string of the molecule is Cc1cccc(C)c1OCc1nnc(SC[C@H]2CCCO2)n1-c1ccccc1. The number of para-hydroxylation sites is 2. The zero-order chi connectivity index (χ0) is 19.3. The van der Waals surface area contributed by atoms with E-state index in [0.29, 0.717) is 12.7 Å². The summed E-state index contributed by atoms with van der Waals surface area (Å²) in [6, 6.07) is 16.4. The Morgan fingerprint density at radius 2 is 1.86 bits per heavy atom. The molecule has 1 aliphatic rings. The highest BCUT2D eigenvalue weighted by molar-refractivity contribution is 7.99. The highest BCUT2D eigenvalue weighted by Gasteiger charge is 2.20. The van der Waals surface area contributed by atoms with E-state index in [-0.39, 0.29) is 0 Å². The average molecular weight is 396 g/mol. The van der Waals surface area contributed by atoms with Crippen molar-refractivity contribution in [3.8, 4) is 11.4 Å².